The Balaban J connectivity index is 1.37. The van der Waals surface area contributed by atoms with Crippen molar-refractivity contribution in [3.05, 3.63) is 72.4 Å². The molecule has 31 heavy (non-hydrogen) atoms. The molecule has 0 saturated carbocycles. The molecule has 0 atom stereocenters. The van der Waals surface area contributed by atoms with E-state index in [1.54, 1.807) is 0 Å². The van der Waals surface area contributed by atoms with Crippen LogP contribution in [0.5, 0.6) is 0 Å². The molecule has 2 aromatic heterocycles. The van der Waals surface area contributed by atoms with Gasteiger partial charge >= 0.3 is 0 Å². The van der Waals surface area contributed by atoms with Gasteiger partial charge in [0, 0.05) is 43.1 Å². The van der Waals surface area contributed by atoms with E-state index in [-0.39, 0.29) is 6.61 Å². The summed E-state index contributed by atoms with van der Waals surface area (Å²) in [5.74, 6) is 0.538. The first-order valence-corrected chi connectivity index (χ1v) is 10.6. The number of benzene rings is 2. The Morgan fingerprint density at radius 1 is 0.968 bits per heavy atom. The van der Waals surface area contributed by atoms with Gasteiger partial charge in [-0.25, -0.2) is 9.50 Å². The number of fused-ring (bicyclic) bond motifs is 1. The van der Waals surface area contributed by atoms with Gasteiger partial charge in [-0.1, -0.05) is 18.2 Å². The zero-order chi connectivity index (χ0) is 21.2. The molecule has 0 bridgehead atoms. The lowest BCUT2D eigenvalue weighted by Crippen LogP contribution is -2.44. The minimum atomic E-state index is 0.0169. The molecule has 1 aliphatic heterocycles. The van der Waals surface area contributed by atoms with Crippen molar-refractivity contribution in [2.45, 2.75) is 6.61 Å². The summed E-state index contributed by atoms with van der Waals surface area (Å²) in [7, 11) is 2.17. The lowest BCUT2D eigenvalue weighted by molar-refractivity contribution is 0.282. The highest BCUT2D eigenvalue weighted by molar-refractivity contribution is 5.67. The van der Waals surface area contributed by atoms with Gasteiger partial charge in [-0.15, -0.1) is 5.10 Å². The van der Waals surface area contributed by atoms with Crippen molar-refractivity contribution in [2.75, 3.05) is 43.4 Å². The molecular weight excluding hydrogens is 388 g/mol. The minimum Gasteiger partial charge on any atom is -0.392 e. The summed E-state index contributed by atoms with van der Waals surface area (Å²) in [5, 5.41) is 17.5. The van der Waals surface area contributed by atoms with E-state index >= 15 is 0 Å². The lowest BCUT2D eigenvalue weighted by Gasteiger charge is -2.34. The zero-order valence-electron chi connectivity index (χ0n) is 17.6. The Hall–Kier alpha value is -3.42. The molecule has 2 aromatic carbocycles. The Bertz CT molecular complexity index is 1180. The number of nitrogens with zero attached hydrogens (tertiary/aromatic N) is 5. The fraction of sp³-hybridized carbons (Fsp3) is 0.250. The fourth-order valence-electron chi connectivity index (χ4n) is 3.96. The molecule has 0 spiro atoms. The molecule has 0 amide bonds. The predicted octanol–water partition coefficient (Wildman–Crippen LogP) is 3.38. The number of rotatable bonds is 5. The average molecular weight is 415 g/mol. The van der Waals surface area contributed by atoms with Crippen LogP contribution in [0.15, 0.2) is 66.9 Å². The fourth-order valence-corrected chi connectivity index (χ4v) is 3.96. The molecule has 158 valence electrons. The molecule has 1 aliphatic rings. The van der Waals surface area contributed by atoms with Gasteiger partial charge in [-0.05, 0) is 55.1 Å². The van der Waals surface area contributed by atoms with E-state index in [2.05, 4.69) is 51.4 Å². The molecule has 1 saturated heterocycles. The van der Waals surface area contributed by atoms with Crippen molar-refractivity contribution in [3.63, 3.8) is 0 Å². The number of aliphatic hydroxyl groups excluding tert-OH is 1. The van der Waals surface area contributed by atoms with Crippen LogP contribution < -0.4 is 10.2 Å². The van der Waals surface area contributed by atoms with Crippen molar-refractivity contribution in [3.8, 4) is 11.3 Å². The van der Waals surface area contributed by atoms with Crippen molar-refractivity contribution in [2.24, 2.45) is 0 Å². The SMILES string of the molecule is CN1CCN(c2ccc(Nc3ncc4ccc(-c5cccc(CO)c5)n4n3)cc2)CC1. The summed E-state index contributed by atoms with van der Waals surface area (Å²) in [6.07, 6.45) is 1.81. The van der Waals surface area contributed by atoms with Gasteiger partial charge in [-0.2, -0.15) is 0 Å². The van der Waals surface area contributed by atoms with Crippen LogP contribution >= 0.6 is 0 Å². The molecule has 0 aliphatic carbocycles. The number of aliphatic hydroxyl groups is 1. The van der Waals surface area contributed by atoms with Crippen LogP contribution in [0.4, 0.5) is 17.3 Å². The van der Waals surface area contributed by atoms with Crippen LogP contribution in [0.3, 0.4) is 0 Å². The third-order valence-corrected chi connectivity index (χ3v) is 5.80. The molecule has 7 nitrogen and oxygen atoms in total. The van der Waals surface area contributed by atoms with Crippen molar-refractivity contribution in [1.82, 2.24) is 19.5 Å². The van der Waals surface area contributed by atoms with Gasteiger partial charge in [0.25, 0.3) is 0 Å². The quantitative estimate of drug-likeness (QED) is 0.522. The first-order valence-electron chi connectivity index (χ1n) is 10.6. The van der Waals surface area contributed by atoms with E-state index in [1.807, 2.05) is 47.1 Å². The Kier molecular flexibility index (Phi) is 5.28. The molecule has 7 heteroatoms. The molecule has 1 fully saturated rings. The smallest absolute Gasteiger partial charge is 0.245 e. The van der Waals surface area contributed by atoms with E-state index < -0.39 is 0 Å². The van der Waals surface area contributed by atoms with E-state index in [4.69, 9.17) is 5.10 Å². The highest BCUT2D eigenvalue weighted by Crippen LogP contribution is 2.24. The second-order valence-corrected chi connectivity index (χ2v) is 7.96. The minimum absolute atomic E-state index is 0.0169. The largest absolute Gasteiger partial charge is 0.392 e. The van der Waals surface area contributed by atoms with Gasteiger partial charge in [-0.3, -0.25) is 0 Å². The standard InChI is InChI=1S/C24H26N6O/c1-28-11-13-29(14-12-28)21-7-5-20(6-8-21)26-24-25-16-22-9-10-23(30(22)27-24)19-4-2-3-18(15-19)17-31/h2-10,15-16,31H,11-14,17H2,1H3,(H,26,27). The highest BCUT2D eigenvalue weighted by atomic mass is 16.3. The number of hydrogen-bond acceptors (Lipinski definition) is 6. The van der Waals surface area contributed by atoms with Gasteiger partial charge in [0.1, 0.15) is 0 Å². The summed E-state index contributed by atoms with van der Waals surface area (Å²) in [6.45, 7) is 4.31. The summed E-state index contributed by atoms with van der Waals surface area (Å²) < 4.78 is 1.88. The molecular formula is C24H26N6O. The van der Waals surface area contributed by atoms with Crippen LogP contribution in [0, 0.1) is 0 Å². The maximum atomic E-state index is 9.45. The van der Waals surface area contributed by atoms with Crippen molar-refractivity contribution >= 4 is 22.8 Å². The monoisotopic (exact) mass is 414 g/mol. The van der Waals surface area contributed by atoms with Crippen molar-refractivity contribution in [1.29, 1.82) is 0 Å². The summed E-state index contributed by atoms with van der Waals surface area (Å²) >= 11 is 0. The van der Waals surface area contributed by atoms with Gasteiger partial charge in [0.2, 0.25) is 5.95 Å². The van der Waals surface area contributed by atoms with Crippen LogP contribution in [0.2, 0.25) is 0 Å². The van der Waals surface area contributed by atoms with Crippen LogP contribution in [-0.4, -0.2) is 57.8 Å². The molecule has 0 radical (unpaired) electrons. The lowest BCUT2D eigenvalue weighted by atomic mass is 10.1. The first-order chi connectivity index (χ1) is 15.2. The number of hydrogen-bond donors (Lipinski definition) is 2. The van der Waals surface area contributed by atoms with E-state index in [0.29, 0.717) is 5.95 Å². The van der Waals surface area contributed by atoms with E-state index in [0.717, 1.165) is 54.2 Å². The summed E-state index contributed by atoms with van der Waals surface area (Å²) in [5.41, 5.74) is 5.95. The van der Waals surface area contributed by atoms with Gasteiger partial charge in [0.05, 0.1) is 24.0 Å². The van der Waals surface area contributed by atoms with Crippen LogP contribution in [-0.2, 0) is 6.61 Å². The number of anilines is 3. The predicted molar refractivity (Wildman–Crippen MR) is 124 cm³/mol. The Labute approximate surface area is 181 Å². The Morgan fingerprint density at radius 3 is 2.55 bits per heavy atom. The average Bonchev–Trinajstić information content (AvgIpc) is 3.23. The van der Waals surface area contributed by atoms with Crippen LogP contribution in [0.1, 0.15) is 5.56 Å². The zero-order valence-corrected chi connectivity index (χ0v) is 17.6. The highest BCUT2D eigenvalue weighted by Gasteiger charge is 2.14. The first kappa shape index (κ1) is 19.5. The van der Waals surface area contributed by atoms with Gasteiger partial charge < -0.3 is 20.2 Å². The second-order valence-electron chi connectivity index (χ2n) is 7.96. The molecule has 2 N–H and O–H groups in total. The number of likely N-dealkylation sites (N-methyl/N-ethyl adjacent to an activating group) is 1. The maximum Gasteiger partial charge on any atom is 0.245 e. The summed E-state index contributed by atoms with van der Waals surface area (Å²) in [4.78, 5) is 9.24. The molecule has 0 unspecified atom stereocenters. The van der Waals surface area contributed by atoms with Gasteiger partial charge in [0.15, 0.2) is 0 Å². The third kappa shape index (κ3) is 4.10. The maximum absolute atomic E-state index is 9.45. The van der Waals surface area contributed by atoms with E-state index in [1.165, 1.54) is 5.69 Å². The normalized spacial score (nSPS) is 14.8. The molecule has 4 aromatic rings. The molecule has 3 heterocycles. The third-order valence-electron chi connectivity index (χ3n) is 5.80. The van der Waals surface area contributed by atoms with E-state index in [9.17, 15) is 5.11 Å². The van der Waals surface area contributed by atoms with Crippen LogP contribution in [0.25, 0.3) is 16.8 Å². The topological polar surface area (TPSA) is 68.9 Å². The Morgan fingerprint density at radius 2 is 1.77 bits per heavy atom. The number of nitrogens with one attached hydrogen (secondary N) is 1. The van der Waals surface area contributed by atoms with Crippen molar-refractivity contribution < 1.29 is 5.11 Å². The summed E-state index contributed by atoms with van der Waals surface area (Å²) in [6, 6.07) is 20.3. The molecule has 5 rings (SSSR count). The number of piperazine rings is 1. The second kappa shape index (κ2) is 8.37. The number of aromatic nitrogens is 3.